The molecule has 1 fully saturated rings. The fourth-order valence-electron chi connectivity index (χ4n) is 2.42. The zero-order chi connectivity index (χ0) is 15.9. The fourth-order valence-corrected chi connectivity index (χ4v) is 2.42. The summed E-state index contributed by atoms with van der Waals surface area (Å²) < 4.78 is 15.9. The molecule has 2 rings (SSSR count). The van der Waals surface area contributed by atoms with Crippen LogP contribution in [0.3, 0.4) is 0 Å². The molecular formula is C16H23NO5. The van der Waals surface area contributed by atoms with Crippen LogP contribution in [0, 0.1) is 5.92 Å². The van der Waals surface area contributed by atoms with Gasteiger partial charge in [0.25, 0.3) is 5.91 Å². The van der Waals surface area contributed by atoms with Gasteiger partial charge in [-0.1, -0.05) is 0 Å². The first-order valence-electron chi connectivity index (χ1n) is 7.45. The summed E-state index contributed by atoms with van der Waals surface area (Å²) in [5, 5.41) is 13.0. The summed E-state index contributed by atoms with van der Waals surface area (Å²) >= 11 is 0. The molecule has 0 aliphatic carbocycles. The molecule has 1 aromatic rings. The van der Waals surface area contributed by atoms with Crippen molar-refractivity contribution < 1.29 is 24.1 Å². The number of hydrogen-bond acceptors (Lipinski definition) is 5. The molecule has 6 heteroatoms. The molecule has 2 N–H and O–H groups in total. The molecule has 122 valence electrons. The van der Waals surface area contributed by atoms with Gasteiger partial charge in [-0.05, 0) is 31.2 Å². The number of methoxy groups -OCH3 is 1. The van der Waals surface area contributed by atoms with Crippen molar-refractivity contribution in [2.45, 2.75) is 19.1 Å². The molecule has 0 spiro atoms. The molecular weight excluding hydrogens is 286 g/mol. The summed E-state index contributed by atoms with van der Waals surface area (Å²) in [5.74, 6) is 0.373. The van der Waals surface area contributed by atoms with Gasteiger partial charge in [0.2, 0.25) is 0 Å². The minimum absolute atomic E-state index is 0.176. The maximum Gasteiger partial charge on any atom is 0.251 e. The average molecular weight is 309 g/mol. The van der Waals surface area contributed by atoms with Gasteiger partial charge in [-0.2, -0.15) is 0 Å². The van der Waals surface area contributed by atoms with Crippen molar-refractivity contribution in [3.63, 3.8) is 0 Å². The van der Waals surface area contributed by atoms with Crippen LogP contribution in [0.2, 0.25) is 0 Å². The molecule has 1 amide bonds. The number of carbonyl (C=O) groups is 1. The average Bonchev–Trinajstić information content (AvgIpc) is 2.54. The van der Waals surface area contributed by atoms with E-state index in [1.807, 2.05) is 6.92 Å². The van der Waals surface area contributed by atoms with Crippen LogP contribution in [0.25, 0.3) is 0 Å². The van der Waals surface area contributed by atoms with Crippen molar-refractivity contribution >= 4 is 5.91 Å². The lowest BCUT2D eigenvalue weighted by Gasteiger charge is -2.33. The molecule has 1 aliphatic rings. The highest BCUT2D eigenvalue weighted by Crippen LogP contribution is 2.17. The van der Waals surface area contributed by atoms with Gasteiger partial charge in [-0.25, -0.2) is 0 Å². The van der Waals surface area contributed by atoms with E-state index in [-0.39, 0.29) is 17.9 Å². The molecule has 6 nitrogen and oxygen atoms in total. The lowest BCUT2D eigenvalue weighted by molar-refractivity contribution is -0.132. The second-order valence-electron chi connectivity index (χ2n) is 5.23. The van der Waals surface area contributed by atoms with Crippen LogP contribution >= 0.6 is 0 Å². The first kappa shape index (κ1) is 16.7. The summed E-state index contributed by atoms with van der Waals surface area (Å²) in [7, 11) is 1.54. The number of hydrogen-bond donors (Lipinski definition) is 2. The lowest BCUT2D eigenvalue weighted by Crippen LogP contribution is -2.49. The smallest absolute Gasteiger partial charge is 0.251 e. The number of aliphatic hydroxyl groups is 1. The highest BCUT2D eigenvalue weighted by Gasteiger charge is 2.32. The third kappa shape index (κ3) is 4.19. The van der Waals surface area contributed by atoms with Crippen molar-refractivity contribution in [1.29, 1.82) is 0 Å². The van der Waals surface area contributed by atoms with E-state index in [1.165, 1.54) is 7.11 Å². The molecule has 1 saturated heterocycles. The van der Waals surface area contributed by atoms with Crippen molar-refractivity contribution in [2.75, 3.05) is 33.5 Å². The van der Waals surface area contributed by atoms with Gasteiger partial charge in [-0.15, -0.1) is 0 Å². The Hall–Kier alpha value is -1.63. The summed E-state index contributed by atoms with van der Waals surface area (Å²) in [6.45, 7) is 3.62. The Bertz CT molecular complexity index is 476. The van der Waals surface area contributed by atoms with E-state index in [1.54, 1.807) is 24.3 Å². The van der Waals surface area contributed by atoms with E-state index in [0.717, 1.165) is 5.75 Å². The van der Waals surface area contributed by atoms with Gasteiger partial charge in [0.05, 0.1) is 25.9 Å². The number of nitrogens with one attached hydrogen (secondary N) is 1. The van der Waals surface area contributed by atoms with Crippen LogP contribution in [0.4, 0.5) is 0 Å². The predicted octanol–water partition coefficient (Wildman–Crippen LogP) is 0.837. The monoisotopic (exact) mass is 309 g/mol. The van der Waals surface area contributed by atoms with Crippen LogP contribution in [0.1, 0.15) is 17.3 Å². The second kappa shape index (κ2) is 8.12. The van der Waals surface area contributed by atoms with Gasteiger partial charge < -0.3 is 24.6 Å². The highest BCUT2D eigenvalue weighted by atomic mass is 16.5. The number of amides is 1. The van der Waals surface area contributed by atoms with Crippen LogP contribution < -0.4 is 10.1 Å². The molecule has 3 atom stereocenters. The van der Waals surface area contributed by atoms with Crippen molar-refractivity contribution in [1.82, 2.24) is 5.32 Å². The van der Waals surface area contributed by atoms with Gasteiger partial charge in [0.15, 0.2) is 0 Å². The molecule has 22 heavy (non-hydrogen) atoms. The molecule has 1 aromatic carbocycles. The SMILES string of the molecule is CCOc1ccc(C(=O)NC[C@@H]2COC[C@@H](OC)[C@H]2O)cc1. The van der Waals surface area contributed by atoms with Crippen molar-refractivity contribution in [2.24, 2.45) is 5.92 Å². The Morgan fingerprint density at radius 3 is 2.73 bits per heavy atom. The molecule has 0 saturated carbocycles. The third-order valence-electron chi connectivity index (χ3n) is 3.73. The Morgan fingerprint density at radius 2 is 2.09 bits per heavy atom. The highest BCUT2D eigenvalue weighted by molar-refractivity contribution is 5.94. The lowest BCUT2D eigenvalue weighted by atomic mass is 9.96. The second-order valence-corrected chi connectivity index (χ2v) is 5.23. The fraction of sp³-hybridized carbons (Fsp3) is 0.562. The first-order chi connectivity index (χ1) is 10.7. The summed E-state index contributed by atoms with van der Waals surface area (Å²) in [6.07, 6.45) is -0.986. The standard InChI is InChI=1S/C16H23NO5/c1-3-22-13-6-4-11(5-7-13)16(19)17-8-12-9-21-10-14(20-2)15(12)18/h4-7,12,14-15,18H,3,8-10H2,1-2H3,(H,17,19)/t12-,14-,15+/m1/s1. The maximum atomic E-state index is 12.1. The topological polar surface area (TPSA) is 77.0 Å². The maximum absolute atomic E-state index is 12.1. The number of carbonyl (C=O) groups excluding carboxylic acids is 1. The Labute approximate surface area is 130 Å². The van der Waals surface area contributed by atoms with E-state index >= 15 is 0 Å². The molecule has 0 aromatic heterocycles. The largest absolute Gasteiger partial charge is 0.494 e. The molecule has 0 radical (unpaired) electrons. The molecule has 0 unspecified atom stereocenters. The van der Waals surface area contributed by atoms with Crippen LogP contribution in [-0.4, -0.2) is 56.7 Å². The Balaban J connectivity index is 1.86. The third-order valence-corrected chi connectivity index (χ3v) is 3.73. The summed E-state index contributed by atoms with van der Waals surface area (Å²) in [4.78, 5) is 12.1. The number of ether oxygens (including phenoxy) is 3. The minimum atomic E-state index is -0.639. The van der Waals surface area contributed by atoms with Gasteiger partial charge in [0.1, 0.15) is 11.9 Å². The van der Waals surface area contributed by atoms with E-state index < -0.39 is 6.10 Å². The zero-order valence-corrected chi connectivity index (χ0v) is 13.0. The molecule has 1 aliphatic heterocycles. The van der Waals surface area contributed by atoms with Gasteiger partial charge in [-0.3, -0.25) is 4.79 Å². The normalized spacial score (nSPS) is 24.8. The van der Waals surface area contributed by atoms with Crippen molar-refractivity contribution in [3.8, 4) is 5.75 Å². The van der Waals surface area contributed by atoms with Crippen LogP contribution in [0.15, 0.2) is 24.3 Å². The Kier molecular flexibility index (Phi) is 6.18. The minimum Gasteiger partial charge on any atom is -0.494 e. The predicted molar refractivity (Wildman–Crippen MR) is 81.1 cm³/mol. The van der Waals surface area contributed by atoms with E-state index in [0.29, 0.717) is 31.9 Å². The Morgan fingerprint density at radius 1 is 1.36 bits per heavy atom. The number of aliphatic hydroxyl groups excluding tert-OH is 1. The first-order valence-corrected chi connectivity index (χ1v) is 7.45. The number of benzene rings is 1. The van der Waals surface area contributed by atoms with Crippen molar-refractivity contribution in [3.05, 3.63) is 29.8 Å². The molecule has 1 heterocycles. The van der Waals surface area contributed by atoms with Crippen LogP contribution in [-0.2, 0) is 9.47 Å². The zero-order valence-electron chi connectivity index (χ0n) is 13.0. The van der Waals surface area contributed by atoms with E-state index in [9.17, 15) is 9.90 Å². The summed E-state index contributed by atoms with van der Waals surface area (Å²) in [6, 6.07) is 6.95. The quantitative estimate of drug-likeness (QED) is 0.814. The van der Waals surface area contributed by atoms with E-state index in [2.05, 4.69) is 5.32 Å². The summed E-state index contributed by atoms with van der Waals surface area (Å²) in [5.41, 5.74) is 0.554. The van der Waals surface area contributed by atoms with Gasteiger partial charge >= 0.3 is 0 Å². The number of rotatable bonds is 6. The van der Waals surface area contributed by atoms with Crippen LogP contribution in [0.5, 0.6) is 5.75 Å². The van der Waals surface area contributed by atoms with E-state index in [4.69, 9.17) is 14.2 Å². The molecule has 0 bridgehead atoms. The van der Waals surface area contributed by atoms with Gasteiger partial charge in [0, 0.05) is 25.1 Å².